The van der Waals surface area contributed by atoms with Gasteiger partial charge in [0.05, 0.1) is 0 Å². The summed E-state index contributed by atoms with van der Waals surface area (Å²) in [4.78, 5) is 8.56. The summed E-state index contributed by atoms with van der Waals surface area (Å²) in [6.45, 7) is 0. The van der Waals surface area contributed by atoms with E-state index in [-0.39, 0.29) is 0 Å². The molecule has 0 unspecified atom stereocenters. The second kappa shape index (κ2) is 8.82. The van der Waals surface area contributed by atoms with Gasteiger partial charge in [-0.05, 0) is 0 Å². The summed E-state index contributed by atoms with van der Waals surface area (Å²) in [7, 11) is 0. The van der Waals surface area contributed by atoms with Crippen molar-refractivity contribution in [3.63, 3.8) is 0 Å². The molecule has 0 amide bonds. The Hall–Kier alpha value is -0.398. The zero-order chi connectivity index (χ0) is 5.58. The van der Waals surface area contributed by atoms with Crippen LogP contribution in [0.25, 0.3) is 0 Å². The summed E-state index contributed by atoms with van der Waals surface area (Å²) in [5, 5.41) is 13.9. The zero-order valence-electron chi connectivity index (χ0n) is 2.79. The molecule has 4 nitrogen and oxygen atoms in total. The topological polar surface area (TPSA) is 74.6 Å². The van der Waals surface area contributed by atoms with Gasteiger partial charge >= 0.3 is 26.2 Å². The van der Waals surface area contributed by atoms with Gasteiger partial charge in [0, 0.05) is 0 Å². The van der Waals surface area contributed by atoms with Crippen LogP contribution in [-0.2, 0) is 3.80 Å². The van der Waals surface area contributed by atoms with Crippen molar-refractivity contribution in [3.8, 4) is 0 Å². The van der Waals surface area contributed by atoms with Crippen LogP contribution >= 0.6 is 0 Å². The second-order valence-electron chi connectivity index (χ2n) is 0.283. The van der Waals surface area contributed by atoms with Gasteiger partial charge in [0.1, 0.15) is 0 Å². The fourth-order valence-electron chi connectivity index (χ4n) is 0. The second-order valence-corrected chi connectivity index (χ2v) is 0.283. The first kappa shape index (κ1) is 9.14. The van der Waals surface area contributed by atoms with Crippen LogP contribution in [0.3, 0.4) is 0 Å². The molecule has 6 heavy (non-hydrogen) atoms. The standard InChI is InChI=1S/CH2O3.Al.O/c2-1(3)4;;/h(H2,2,3,4);;. The molecule has 0 rings (SSSR count). The third-order valence-electron chi connectivity index (χ3n) is 0. The van der Waals surface area contributed by atoms with Crippen molar-refractivity contribution in [1.29, 1.82) is 0 Å². The van der Waals surface area contributed by atoms with Crippen molar-refractivity contribution in [2.45, 2.75) is 0 Å². The number of carbonyl (C=O) groups is 1. The number of carboxylic acid groups (broad SMARTS) is 2. The fraction of sp³-hybridized carbons (Fsp3) is 0. The summed E-state index contributed by atoms with van der Waals surface area (Å²) in [5.74, 6) is 0. The van der Waals surface area contributed by atoms with E-state index in [2.05, 4.69) is 0 Å². The van der Waals surface area contributed by atoms with Gasteiger partial charge in [-0.1, -0.05) is 0 Å². The van der Waals surface area contributed by atoms with E-state index in [9.17, 15) is 0 Å². The maximum absolute atomic E-state index is 8.56. The molecule has 2 N–H and O–H groups in total. The molecular formula is CH2AlO4. The summed E-state index contributed by atoms with van der Waals surface area (Å²) >= 11 is 1.17. The van der Waals surface area contributed by atoms with Gasteiger partial charge in [-0.15, -0.1) is 0 Å². The number of rotatable bonds is 0. The molecule has 0 aliphatic heterocycles. The molecule has 0 bridgehead atoms. The van der Waals surface area contributed by atoms with Crippen LogP contribution in [0, 0.1) is 0 Å². The maximum atomic E-state index is 8.56. The van der Waals surface area contributed by atoms with E-state index in [0.717, 1.165) is 0 Å². The van der Waals surface area contributed by atoms with Gasteiger partial charge < -0.3 is 10.2 Å². The quantitative estimate of drug-likeness (QED) is 0.415. The molecule has 0 atom stereocenters. The Morgan fingerprint density at radius 1 is 1.33 bits per heavy atom. The van der Waals surface area contributed by atoms with Gasteiger partial charge in [-0.2, -0.15) is 0 Å². The molecule has 0 aromatic carbocycles. The van der Waals surface area contributed by atoms with Crippen molar-refractivity contribution in [2.75, 3.05) is 0 Å². The molecule has 0 aliphatic rings. The van der Waals surface area contributed by atoms with Crippen molar-refractivity contribution in [3.05, 3.63) is 0 Å². The first-order valence-corrected chi connectivity index (χ1v) is 1.36. The first-order chi connectivity index (χ1) is 2.73. The Labute approximate surface area is 42.0 Å². The van der Waals surface area contributed by atoms with Crippen LogP contribution in [0.5, 0.6) is 0 Å². The van der Waals surface area contributed by atoms with E-state index in [1.807, 2.05) is 0 Å². The van der Waals surface area contributed by atoms with Crippen LogP contribution < -0.4 is 0 Å². The van der Waals surface area contributed by atoms with Crippen LogP contribution in [0.15, 0.2) is 0 Å². The average molecular weight is 105 g/mol. The Balaban J connectivity index is 0. The summed E-state index contributed by atoms with van der Waals surface area (Å²) in [5.41, 5.74) is 0. The minimum atomic E-state index is -1.83. The Morgan fingerprint density at radius 2 is 1.33 bits per heavy atom. The molecule has 1 radical (unpaired) electrons. The van der Waals surface area contributed by atoms with E-state index < -0.39 is 6.16 Å². The number of hydrogen-bond acceptors (Lipinski definition) is 2. The first-order valence-electron chi connectivity index (χ1n) is 0.887. The Bertz CT molecular complexity index is 38.8. The van der Waals surface area contributed by atoms with Gasteiger partial charge in [0.25, 0.3) is 0 Å². The van der Waals surface area contributed by atoms with E-state index in [4.69, 9.17) is 18.8 Å². The third kappa shape index (κ3) is 154. The fourth-order valence-corrected chi connectivity index (χ4v) is 0. The van der Waals surface area contributed by atoms with E-state index in [1.165, 1.54) is 16.2 Å². The molecule has 0 fully saturated rings. The van der Waals surface area contributed by atoms with Crippen LogP contribution in [0.2, 0.25) is 0 Å². The van der Waals surface area contributed by atoms with Gasteiger partial charge in [-0.25, -0.2) is 4.79 Å². The van der Waals surface area contributed by atoms with Crippen molar-refractivity contribution >= 4 is 22.4 Å². The minimum absolute atomic E-state index is 1.17. The predicted molar refractivity (Wildman–Crippen MR) is 17.1 cm³/mol. The van der Waals surface area contributed by atoms with Gasteiger partial charge in [0.15, 0.2) is 0 Å². The normalized spacial score (nSPS) is 4.50. The van der Waals surface area contributed by atoms with Crippen LogP contribution in [0.1, 0.15) is 0 Å². The van der Waals surface area contributed by atoms with Crippen molar-refractivity contribution in [2.24, 2.45) is 0 Å². The molecule has 0 heterocycles. The molecule has 0 aromatic rings. The van der Waals surface area contributed by atoms with Crippen molar-refractivity contribution in [1.82, 2.24) is 0 Å². The van der Waals surface area contributed by atoms with E-state index >= 15 is 0 Å². The average Bonchev–Trinajstić information content (AvgIpc) is 1.41. The SMILES string of the molecule is O=C(O)O.[O]=[Al]. The molecular weight excluding hydrogens is 103 g/mol. The Morgan fingerprint density at radius 3 is 1.33 bits per heavy atom. The van der Waals surface area contributed by atoms with Crippen LogP contribution in [-0.4, -0.2) is 32.6 Å². The van der Waals surface area contributed by atoms with Crippen molar-refractivity contribution < 1.29 is 18.8 Å². The predicted octanol–water partition coefficient (Wildman–Crippen LogP) is -0.277. The van der Waals surface area contributed by atoms with E-state index in [1.54, 1.807) is 0 Å². The molecule has 0 aromatic heterocycles. The Kier molecular flexibility index (Phi) is 13.4. The van der Waals surface area contributed by atoms with Gasteiger partial charge in [0.2, 0.25) is 0 Å². The molecule has 33 valence electrons. The molecule has 0 aliphatic carbocycles. The summed E-state index contributed by atoms with van der Waals surface area (Å²) in [6, 6.07) is 0. The summed E-state index contributed by atoms with van der Waals surface area (Å²) < 4.78 is 8.17. The number of hydrogen-bond donors (Lipinski definition) is 2. The molecule has 5 heteroatoms. The molecule has 0 saturated heterocycles. The van der Waals surface area contributed by atoms with Gasteiger partial charge in [-0.3, -0.25) is 0 Å². The van der Waals surface area contributed by atoms with Crippen LogP contribution in [0.4, 0.5) is 4.79 Å². The van der Waals surface area contributed by atoms with E-state index in [0.29, 0.717) is 0 Å². The zero-order valence-corrected chi connectivity index (χ0v) is 3.94. The monoisotopic (exact) mass is 105 g/mol. The molecule has 0 saturated carbocycles. The third-order valence-corrected chi connectivity index (χ3v) is 0. The summed E-state index contributed by atoms with van der Waals surface area (Å²) in [6.07, 6.45) is -1.83. The molecule has 0 spiro atoms.